The second-order valence-corrected chi connectivity index (χ2v) is 10.2. The number of pyridine rings is 1. The molecule has 0 unspecified atom stereocenters. The highest BCUT2D eigenvalue weighted by Crippen LogP contribution is 2.19. The van der Waals surface area contributed by atoms with Crippen LogP contribution in [0.5, 0.6) is 0 Å². The molecule has 9 nitrogen and oxygen atoms in total. The van der Waals surface area contributed by atoms with E-state index < -0.39 is 10.0 Å². The number of hydrogen-bond acceptors (Lipinski definition) is 6. The number of rotatable bonds is 5. The van der Waals surface area contributed by atoms with Crippen molar-refractivity contribution >= 4 is 21.9 Å². The predicted octanol–water partition coefficient (Wildman–Crippen LogP) is 2.16. The normalized spacial score (nSPS) is 17.4. The highest BCUT2D eigenvalue weighted by atomic mass is 32.2. The zero-order valence-electron chi connectivity index (χ0n) is 18.5. The molecule has 2 aliphatic rings. The van der Waals surface area contributed by atoms with Crippen molar-refractivity contribution in [3.8, 4) is 6.07 Å². The third kappa shape index (κ3) is 5.43. The molecule has 1 aromatic heterocycles. The summed E-state index contributed by atoms with van der Waals surface area (Å²) < 4.78 is 27.0. The lowest BCUT2D eigenvalue weighted by Gasteiger charge is -2.34. The average molecular weight is 469 g/mol. The molecule has 0 saturated carbocycles. The van der Waals surface area contributed by atoms with Crippen LogP contribution in [0.1, 0.15) is 30.4 Å². The van der Waals surface area contributed by atoms with Gasteiger partial charge in [-0.15, -0.1) is 0 Å². The van der Waals surface area contributed by atoms with Gasteiger partial charge in [0, 0.05) is 52.0 Å². The highest BCUT2D eigenvalue weighted by Gasteiger charge is 2.30. The van der Waals surface area contributed by atoms with Gasteiger partial charge in [-0.1, -0.05) is 6.07 Å². The third-order valence-corrected chi connectivity index (χ3v) is 7.99. The largest absolute Gasteiger partial charge is 0.357 e. The van der Waals surface area contributed by atoms with Gasteiger partial charge in [0.2, 0.25) is 10.0 Å². The Morgan fingerprint density at radius 1 is 0.970 bits per heavy atom. The lowest BCUT2D eigenvalue weighted by atomic mass is 10.1. The third-order valence-electron chi connectivity index (χ3n) is 6.08. The van der Waals surface area contributed by atoms with E-state index in [1.807, 2.05) is 18.2 Å². The van der Waals surface area contributed by atoms with Gasteiger partial charge in [-0.3, -0.25) is 0 Å². The fourth-order valence-electron chi connectivity index (χ4n) is 4.10. The van der Waals surface area contributed by atoms with E-state index in [0.29, 0.717) is 25.2 Å². The number of aromatic nitrogens is 1. The summed E-state index contributed by atoms with van der Waals surface area (Å²) in [4.78, 5) is 21.2. The van der Waals surface area contributed by atoms with Crippen LogP contribution < -0.4 is 10.2 Å². The molecule has 1 N–H and O–H groups in total. The minimum absolute atomic E-state index is 0.153. The molecular formula is C23H28N6O3S. The van der Waals surface area contributed by atoms with Gasteiger partial charge in [0.1, 0.15) is 5.82 Å². The number of nitrogens with one attached hydrogen (secondary N) is 1. The van der Waals surface area contributed by atoms with Crippen molar-refractivity contribution in [1.29, 1.82) is 5.26 Å². The molecule has 0 spiro atoms. The molecule has 4 rings (SSSR count). The Balaban J connectivity index is 1.26. The van der Waals surface area contributed by atoms with Crippen LogP contribution in [0.15, 0.2) is 47.5 Å². The van der Waals surface area contributed by atoms with Crippen molar-refractivity contribution in [2.45, 2.75) is 30.7 Å². The minimum Gasteiger partial charge on any atom is -0.357 e. The van der Waals surface area contributed by atoms with Crippen molar-refractivity contribution in [3.05, 3.63) is 53.7 Å². The molecule has 0 bridgehead atoms. The van der Waals surface area contributed by atoms with Crippen LogP contribution >= 0.6 is 0 Å². The van der Waals surface area contributed by atoms with E-state index in [-0.39, 0.29) is 24.0 Å². The average Bonchev–Trinajstić information content (AvgIpc) is 2.88. The summed E-state index contributed by atoms with van der Waals surface area (Å²) in [5.41, 5.74) is 1.33. The van der Waals surface area contributed by atoms with E-state index >= 15 is 0 Å². The molecule has 3 heterocycles. The molecule has 2 saturated heterocycles. The van der Waals surface area contributed by atoms with Crippen molar-refractivity contribution in [2.75, 3.05) is 44.2 Å². The number of piperidine rings is 1. The first kappa shape index (κ1) is 23.0. The van der Waals surface area contributed by atoms with E-state index in [4.69, 9.17) is 5.26 Å². The molecule has 0 atom stereocenters. The quantitative estimate of drug-likeness (QED) is 0.720. The highest BCUT2D eigenvalue weighted by molar-refractivity contribution is 7.89. The standard InChI is InChI=1S/C23H28N6O3S/c24-16-19-4-7-21(8-5-19)33(31,32)29-14-12-28(13-15-29)23(30)26-18-20-6-9-22(25-17-20)27-10-2-1-3-11-27/h4-9,17H,1-3,10-15,18H2,(H,26,30). The Morgan fingerprint density at radius 2 is 1.67 bits per heavy atom. The van der Waals surface area contributed by atoms with Crippen LogP contribution in [0.4, 0.5) is 10.6 Å². The number of hydrogen-bond donors (Lipinski definition) is 1. The molecule has 2 amide bonds. The lowest BCUT2D eigenvalue weighted by molar-refractivity contribution is 0.172. The van der Waals surface area contributed by atoms with Crippen LogP contribution in [-0.4, -0.2) is 67.9 Å². The maximum Gasteiger partial charge on any atom is 0.317 e. The van der Waals surface area contributed by atoms with Crippen molar-refractivity contribution < 1.29 is 13.2 Å². The molecule has 174 valence electrons. The summed E-state index contributed by atoms with van der Waals surface area (Å²) in [5, 5.41) is 11.8. The summed E-state index contributed by atoms with van der Waals surface area (Å²) in [6.45, 7) is 3.52. The number of carbonyl (C=O) groups excluding carboxylic acids is 1. The number of urea groups is 1. The Labute approximate surface area is 194 Å². The lowest BCUT2D eigenvalue weighted by Crippen LogP contribution is -2.52. The second kappa shape index (κ2) is 10.2. The van der Waals surface area contributed by atoms with Gasteiger partial charge in [0.05, 0.1) is 16.5 Å². The second-order valence-electron chi connectivity index (χ2n) is 8.26. The number of sulfonamides is 1. The van der Waals surface area contributed by atoms with Gasteiger partial charge >= 0.3 is 6.03 Å². The Hall–Kier alpha value is -3.16. The Bertz CT molecular complexity index is 1100. The zero-order valence-corrected chi connectivity index (χ0v) is 19.3. The first-order valence-electron chi connectivity index (χ1n) is 11.2. The topological polar surface area (TPSA) is 110 Å². The number of anilines is 1. The molecule has 2 aliphatic heterocycles. The van der Waals surface area contributed by atoms with Gasteiger partial charge in [0.15, 0.2) is 0 Å². The SMILES string of the molecule is N#Cc1ccc(S(=O)(=O)N2CCN(C(=O)NCc3ccc(N4CCCCC4)nc3)CC2)cc1. The smallest absolute Gasteiger partial charge is 0.317 e. The van der Waals surface area contributed by atoms with E-state index in [2.05, 4.69) is 15.2 Å². The van der Waals surface area contributed by atoms with Crippen LogP contribution in [0.3, 0.4) is 0 Å². The van der Waals surface area contributed by atoms with Gasteiger partial charge < -0.3 is 15.1 Å². The molecule has 2 fully saturated rings. The predicted molar refractivity (Wildman–Crippen MR) is 124 cm³/mol. The summed E-state index contributed by atoms with van der Waals surface area (Å²) in [7, 11) is -3.65. The monoisotopic (exact) mass is 468 g/mol. The van der Waals surface area contributed by atoms with E-state index in [1.54, 1.807) is 11.1 Å². The fraction of sp³-hybridized carbons (Fsp3) is 0.435. The first-order chi connectivity index (χ1) is 16.0. The number of piperazine rings is 1. The number of nitrogens with zero attached hydrogens (tertiary/aromatic N) is 5. The fourth-order valence-corrected chi connectivity index (χ4v) is 5.53. The number of benzene rings is 1. The first-order valence-corrected chi connectivity index (χ1v) is 12.6. The maximum atomic E-state index is 12.8. The number of carbonyl (C=O) groups is 1. The number of amides is 2. The van der Waals surface area contributed by atoms with E-state index in [9.17, 15) is 13.2 Å². The molecule has 0 radical (unpaired) electrons. The Morgan fingerprint density at radius 3 is 2.27 bits per heavy atom. The van der Waals surface area contributed by atoms with Crippen molar-refractivity contribution in [1.82, 2.24) is 19.5 Å². The molecule has 0 aliphatic carbocycles. The molecule has 10 heteroatoms. The molecule has 33 heavy (non-hydrogen) atoms. The van der Waals surface area contributed by atoms with Gasteiger partial charge in [-0.2, -0.15) is 9.57 Å². The Kier molecular flexibility index (Phi) is 7.11. The summed E-state index contributed by atoms with van der Waals surface area (Å²) in [6, 6.07) is 11.6. The maximum absolute atomic E-state index is 12.8. The van der Waals surface area contributed by atoms with Gasteiger partial charge in [0.25, 0.3) is 0 Å². The summed E-state index contributed by atoms with van der Waals surface area (Å²) >= 11 is 0. The zero-order chi connectivity index (χ0) is 23.3. The van der Waals surface area contributed by atoms with E-state index in [0.717, 1.165) is 24.5 Å². The van der Waals surface area contributed by atoms with Crippen LogP contribution in [0, 0.1) is 11.3 Å². The summed E-state index contributed by atoms with van der Waals surface area (Å²) in [6.07, 6.45) is 5.46. The molecule has 1 aromatic carbocycles. The minimum atomic E-state index is -3.65. The van der Waals surface area contributed by atoms with Crippen LogP contribution in [0.25, 0.3) is 0 Å². The van der Waals surface area contributed by atoms with Crippen LogP contribution in [-0.2, 0) is 16.6 Å². The van der Waals surface area contributed by atoms with Crippen LogP contribution in [0.2, 0.25) is 0 Å². The van der Waals surface area contributed by atoms with Gasteiger partial charge in [-0.05, 0) is 55.2 Å². The van der Waals surface area contributed by atoms with Crippen molar-refractivity contribution in [3.63, 3.8) is 0 Å². The molecular weight excluding hydrogens is 440 g/mol. The van der Waals surface area contributed by atoms with E-state index in [1.165, 1.54) is 47.8 Å². The van der Waals surface area contributed by atoms with Crippen molar-refractivity contribution in [2.24, 2.45) is 0 Å². The number of nitriles is 1. The summed E-state index contributed by atoms with van der Waals surface area (Å²) in [5.74, 6) is 0.976. The molecule has 2 aromatic rings. The van der Waals surface area contributed by atoms with Gasteiger partial charge in [-0.25, -0.2) is 18.2 Å².